The zero-order valence-corrected chi connectivity index (χ0v) is 10.7. The molecule has 2 aromatic rings. The van der Waals surface area contributed by atoms with E-state index in [1.807, 2.05) is 31.2 Å². The van der Waals surface area contributed by atoms with Crippen LogP contribution in [0.25, 0.3) is 0 Å². The normalized spacial score (nSPS) is 10.3. The molecule has 0 fully saturated rings. The fourth-order valence-corrected chi connectivity index (χ4v) is 1.76. The minimum Gasteiger partial charge on any atom is -0.455 e. The van der Waals surface area contributed by atoms with Gasteiger partial charge in [0.15, 0.2) is 5.75 Å². The van der Waals surface area contributed by atoms with Gasteiger partial charge in [-0.1, -0.05) is 35.3 Å². The molecule has 2 aromatic carbocycles. The van der Waals surface area contributed by atoms with Gasteiger partial charge < -0.3 is 10.5 Å². The summed E-state index contributed by atoms with van der Waals surface area (Å²) in [5, 5.41) is 0.837. The third kappa shape index (κ3) is 2.84. The van der Waals surface area contributed by atoms with Gasteiger partial charge in [0, 0.05) is 6.07 Å². The van der Waals surface area contributed by atoms with Crippen molar-refractivity contribution in [3.63, 3.8) is 0 Å². The lowest BCUT2D eigenvalue weighted by Crippen LogP contribution is -1.92. The number of aryl methyl sites for hydroxylation is 1. The molecule has 0 aliphatic heterocycles. The van der Waals surface area contributed by atoms with Gasteiger partial charge in [0.25, 0.3) is 0 Å². The van der Waals surface area contributed by atoms with E-state index in [0.717, 1.165) is 11.3 Å². The number of rotatable bonds is 2. The lowest BCUT2D eigenvalue weighted by Gasteiger charge is -2.10. The molecule has 4 heteroatoms. The van der Waals surface area contributed by atoms with Crippen LogP contribution in [0.5, 0.6) is 11.5 Å². The van der Waals surface area contributed by atoms with Crippen LogP contribution in [0.3, 0.4) is 0 Å². The highest BCUT2D eigenvalue weighted by molar-refractivity contribution is 6.42. The molecule has 0 atom stereocenters. The second-order valence-electron chi connectivity index (χ2n) is 3.72. The molecule has 17 heavy (non-hydrogen) atoms. The molecule has 2 N–H and O–H groups in total. The van der Waals surface area contributed by atoms with E-state index in [1.165, 1.54) is 0 Å². The highest BCUT2D eigenvalue weighted by Crippen LogP contribution is 2.35. The van der Waals surface area contributed by atoms with Crippen molar-refractivity contribution in [3.05, 3.63) is 52.0 Å². The van der Waals surface area contributed by atoms with Crippen LogP contribution in [0.4, 0.5) is 5.69 Å². The topological polar surface area (TPSA) is 35.2 Å². The Morgan fingerprint density at radius 2 is 1.76 bits per heavy atom. The van der Waals surface area contributed by atoms with E-state index in [2.05, 4.69) is 0 Å². The third-order valence-corrected chi connectivity index (χ3v) is 2.99. The molecule has 2 nitrogen and oxygen atoms in total. The average Bonchev–Trinajstić information content (AvgIpc) is 2.26. The van der Waals surface area contributed by atoms with E-state index in [9.17, 15) is 0 Å². The summed E-state index contributed by atoms with van der Waals surface area (Å²) in [7, 11) is 0. The van der Waals surface area contributed by atoms with Crippen LogP contribution in [0.1, 0.15) is 5.56 Å². The predicted octanol–water partition coefficient (Wildman–Crippen LogP) is 4.68. The maximum atomic E-state index is 5.92. The number of anilines is 1. The van der Waals surface area contributed by atoms with Crippen LogP contribution >= 0.6 is 23.2 Å². The Labute approximate surface area is 110 Å². The van der Waals surface area contributed by atoms with E-state index in [4.69, 9.17) is 33.7 Å². The van der Waals surface area contributed by atoms with E-state index in [-0.39, 0.29) is 0 Å². The Kier molecular flexibility index (Phi) is 3.46. The van der Waals surface area contributed by atoms with E-state index >= 15 is 0 Å². The summed E-state index contributed by atoms with van der Waals surface area (Å²) in [5.74, 6) is 1.22. The summed E-state index contributed by atoms with van der Waals surface area (Å²) >= 11 is 11.8. The highest BCUT2D eigenvalue weighted by atomic mass is 35.5. The van der Waals surface area contributed by atoms with Crippen LogP contribution in [-0.2, 0) is 0 Å². The Morgan fingerprint density at radius 1 is 1.06 bits per heavy atom. The molecule has 0 heterocycles. The standard InChI is InChI=1S/C13H11Cl2NO/c1-8-3-2-4-9(5-8)17-13-7-11(15)10(14)6-12(13)16/h2-7H,16H2,1H3. The fraction of sp³-hybridized carbons (Fsp3) is 0.0769. The number of nitrogen functional groups attached to an aromatic ring is 1. The van der Waals surface area contributed by atoms with Crippen LogP contribution in [0.15, 0.2) is 36.4 Å². The van der Waals surface area contributed by atoms with E-state index in [0.29, 0.717) is 21.5 Å². The molecule has 0 aliphatic carbocycles. The maximum Gasteiger partial charge on any atom is 0.151 e. The molecule has 0 spiro atoms. The van der Waals surface area contributed by atoms with Crippen molar-refractivity contribution in [1.82, 2.24) is 0 Å². The van der Waals surface area contributed by atoms with Crippen molar-refractivity contribution in [2.45, 2.75) is 6.92 Å². The fourth-order valence-electron chi connectivity index (χ4n) is 1.44. The van der Waals surface area contributed by atoms with E-state index in [1.54, 1.807) is 12.1 Å². The van der Waals surface area contributed by atoms with Gasteiger partial charge in [-0.3, -0.25) is 0 Å². The maximum absolute atomic E-state index is 5.92. The largest absolute Gasteiger partial charge is 0.455 e. The van der Waals surface area contributed by atoms with Crippen molar-refractivity contribution in [2.75, 3.05) is 5.73 Å². The molecule has 0 saturated heterocycles. The summed E-state index contributed by atoms with van der Waals surface area (Å²) in [6, 6.07) is 10.9. The summed E-state index contributed by atoms with van der Waals surface area (Å²) < 4.78 is 5.66. The molecular weight excluding hydrogens is 257 g/mol. The van der Waals surface area contributed by atoms with Gasteiger partial charge in [-0.05, 0) is 30.7 Å². The number of ether oxygens (including phenoxy) is 1. The molecule has 0 amide bonds. The molecule has 0 aromatic heterocycles. The second-order valence-corrected chi connectivity index (χ2v) is 4.54. The number of benzene rings is 2. The lowest BCUT2D eigenvalue weighted by atomic mass is 10.2. The van der Waals surface area contributed by atoms with E-state index < -0.39 is 0 Å². The van der Waals surface area contributed by atoms with Crippen molar-refractivity contribution in [2.24, 2.45) is 0 Å². The van der Waals surface area contributed by atoms with Crippen LogP contribution in [0.2, 0.25) is 10.0 Å². The average molecular weight is 268 g/mol. The molecule has 0 unspecified atom stereocenters. The van der Waals surface area contributed by atoms with Crippen molar-refractivity contribution >= 4 is 28.9 Å². The molecule has 0 radical (unpaired) electrons. The minimum absolute atomic E-state index is 0.417. The molecule has 0 bridgehead atoms. The summed E-state index contributed by atoms with van der Waals surface area (Å²) in [6.07, 6.45) is 0. The van der Waals surface area contributed by atoms with Crippen LogP contribution in [-0.4, -0.2) is 0 Å². The Morgan fingerprint density at radius 3 is 2.47 bits per heavy atom. The predicted molar refractivity (Wildman–Crippen MR) is 72.1 cm³/mol. The first-order valence-electron chi connectivity index (χ1n) is 5.05. The third-order valence-electron chi connectivity index (χ3n) is 2.27. The first-order valence-corrected chi connectivity index (χ1v) is 5.81. The van der Waals surface area contributed by atoms with Gasteiger partial charge >= 0.3 is 0 Å². The zero-order valence-electron chi connectivity index (χ0n) is 9.21. The molecule has 2 rings (SSSR count). The van der Waals surface area contributed by atoms with Gasteiger partial charge in [-0.2, -0.15) is 0 Å². The first kappa shape index (κ1) is 12.1. The van der Waals surface area contributed by atoms with Crippen LogP contribution in [0, 0.1) is 6.92 Å². The Hall–Kier alpha value is -1.38. The number of hydrogen-bond acceptors (Lipinski definition) is 2. The lowest BCUT2D eigenvalue weighted by molar-refractivity contribution is 0.484. The molecular formula is C13H11Cl2NO. The van der Waals surface area contributed by atoms with Crippen molar-refractivity contribution < 1.29 is 4.74 Å². The van der Waals surface area contributed by atoms with Gasteiger partial charge in [-0.15, -0.1) is 0 Å². The quantitative estimate of drug-likeness (QED) is 0.803. The zero-order chi connectivity index (χ0) is 12.4. The van der Waals surface area contributed by atoms with Gasteiger partial charge in [0.05, 0.1) is 15.7 Å². The molecule has 0 saturated carbocycles. The number of nitrogens with two attached hydrogens (primary N) is 1. The van der Waals surface area contributed by atoms with Crippen molar-refractivity contribution in [3.8, 4) is 11.5 Å². The Bertz CT molecular complexity index is 555. The Balaban J connectivity index is 2.33. The smallest absolute Gasteiger partial charge is 0.151 e. The van der Waals surface area contributed by atoms with Gasteiger partial charge in [-0.25, -0.2) is 0 Å². The summed E-state index contributed by atoms with van der Waals surface area (Å²) in [4.78, 5) is 0. The summed E-state index contributed by atoms with van der Waals surface area (Å²) in [5.41, 5.74) is 7.38. The molecule has 0 aliphatic rings. The minimum atomic E-state index is 0.417. The van der Waals surface area contributed by atoms with Gasteiger partial charge in [0.2, 0.25) is 0 Å². The number of hydrogen-bond donors (Lipinski definition) is 1. The molecule has 88 valence electrons. The monoisotopic (exact) mass is 267 g/mol. The van der Waals surface area contributed by atoms with Crippen LogP contribution < -0.4 is 10.5 Å². The van der Waals surface area contributed by atoms with Crippen molar-refractivity contribution in [1.29, 1.82) is 0 Å². The SMILES string of the molecule is Cc1cccc(Oc2cc(Cl)c(Cl)cc2N)c1. The first-order chi connectivity index (χ1) is 8.06. The number of halogens is 2. The summed E-state index contributed by atoms with van der Waals surface area (Å²) in [6.45, 7) is 1.99. The van der Waals surface area contributed by atoms with Gasteiger partial charge in [0.1, 0.15) is 5.75 Å². The second kappa shape index (κ2) is 4.86. The highest BCUT2D eigenvalue weighted by Gasteiger charge is 2.07.